The zero-order chi connectivity index (χ0) is 9.68. The summed E-state index contributed by atoms with van der Waals surface area (Å²) in [6.07, 6.45) is 4.68. The average Bonchev–Trinajstić information content (AvgIpc) is 2.15. The summed E-state index contributed by atoms with van der Waals surface area (Å²) in [5.41, 5.74) is 10.8. The second-order valence-electron chi connectivity index (χ2n) is 3.70. The fourth-order valence-corrected chi connectivity index (χ4v) is 1.72. The topological polar surface area (TPSA) is 87.9 Å². The molecule has 1 aliphatic carbocycles. The summed E-state index contributed by atoms with van der Waals surface area (Å²) in [4.78, 5) is 0. The van der Waals surface area contributed by atoms with Gasteiger partial charge in [0.15, 0.2) is 5.96 Å². The molecule has 0 aliphatic heterocycles. The maximum Gasteiger partial charge on any atom is 0.185 e. The maximum absolute atomic E-state index is 7.02. The summed E-state index contributed by atoms with van der Waals surface area (Å²) in [5, 5.41) is 9.86. The zero-order valence-electron chi connectivity index (χ0n) is 7.97. The van der Waals surface area contributed by atoms with Gasteiger partial charge in [0, 0.05) is 6.54 Å². The minimum absolute atomic E-state index is 0.0634. The monoisotopic (exact) mass is 183 g/mol. The van der Waals surface area contributed by atoms with Crippen molar-refractivity contribution in [1.29, 1.82) is 5.41 Å². The highest BCUT2D eigenvalue weighted by Gasteiger charge is 2.20. The Kier molecular flexibility index (Phi) is 4.02. The normalized spacial score (nSPS) is 20.1. The van der Waals surface area contributed by atoms with Gasteiger partial charge in [-0.05, 0) is 44.1 Å². The van der Waals surface area contributed by atoms with E-state index in [0.29, 0.717) is 5.92 Å². The number of guanidine groups is 1. The Hall–Kier alpha value is -0.770. The minimum atomic E-state index is 0.0634. The summed E-state index contributed by atoms with van der Waals surface area (Å²) in [5.74, 6) is 2.24. The molecule has 4 heteroatoms. The van der Waals surface area contributed by atoms with Crippen LogP contribution in [0.25, 0.3) is 0 Å². The van der Waals surface area contributed by atoms with Crippen LogP contribution in [0.2, 0.25) is 0 Å². The van der Waals surface area contributed by atoms with Crippen LogP contribution in [0.1, 0.15) is 25.7 Å². The molecule has 0 spiro atoms. The lowest BCUT2D eigenvalue weighted by molar-refractivity contribution is 0.380. The molecule has 0 aromatic rings. The molecule has 0 bridgehead atoms. The van der Waals surface area contributed by atoms with Crippen molar-refractivity contribution in [1.82, 2.24) is 5.32 Å². The molecule has 1 rings (SSSR count). The number of nitrogens with one attached hydrogen (secondary N) is 2. The molecule has 1 saturated carbocycles. The fraction of sp³-hybridized carbons (Fsp3) is 0.778. The van der Waals surface area contributed by atoms with Gasteiger partial charge >= 0.3 is 0 Å². The van der Waals surface area contributed by atoms with Crippen molar-refractivity contribution >= 4 is 5.96 Å². The summed E-state index contributed by atoms with van der Waals surface area (Å²) in [7, 11) is 0. The van der Waals surface area contributed by atoms with Crippen LogP contribution in [0.15, 0.2) is 0 Å². The first-order valence-corrected chi connectivity index (χ1v) is 4.84. The lowest BCUT2D eigenvalue weighted by Gasteiger charge is -2.27. The second-order valence-corrected chi connectivity index (χ2v) is 3.70. The van der Waals surface area contributed by atoms with Gasteiger partial charge in [-0.2, -0.15) is 0 Å². The highest BCUT2D eigenvalue weighted by Crippen LogP contribution is 2.28. The van der Waals surface area contributed by atoms with Crippen LogP contribution in [0.3, 0.4) is 0 Å². The molecular weight excluding hydrogens is 164 g/mol. The molecule has 0 unspecified atom stereocenters. The van der Waals surface area contributed by atoms with Crippen molar-refractivity contribution < 1.29 is 0 Å². The predicted octanol–water partition coefficient (Wildman–Crippen LogP) is 0.193. The fourth-order valence-electron chi connectivity index (χ4n) is 1.72. The Morgan fingerprint density at radius 2 is 2.08 bits per heavy atom. The zero-order valence-corrected chi connectivity index (χ0v) is 7.97. The van der Waals surface area contributed by atoms with Crippen molar-refractivity contribution in [3.8, 4) is 0 Å². The number of hydrogen-bond acceptors (Lipinski definition) is 2. The summed E-state index contributed by atoms with van der Waals surface area (Å²) < 4.78 is 0. The van der Waals surface area contributed by atoms with E-state index in [1.165, 1.54) is 18.8 Å². The van der Waals surface area contributed by atoms with Crippen molar-refractivity contribution in [2.45, 2.75) is 25.7 Å². The van der Waals surface area contributed by atoms with Crippen molar-refractivity contribution in [3.63, 3.8) is 0 Å². The second kappa shape index (κ2) is 5.07. The molecule has 6 N–H and O–H groups in total. The summed E-state index contributed by atoms with van der Waals surface area (Å²) >= 11 is 0. The van der Waals surface area contributed by atoms with Crippen LogP contribution in [0, 0.1) is 17.2 Å². The van der Waals surface area contributed by atoms with Gasteiger partial charge in [-0.15, -0.1) is 0 Å². The highest BCUT2D eigenvalue weighted by atomic mass is 15.0. The summed E-state index contributed by atoms with van der Waals surface area (Å²) in [6.45, 7) is 1.58. The molecule has 0 atom stereocenters. The first-order valence-electron chi connectivity index (χ1n) is 4.84. The van der Waals surface area contributed by atoms with Gasteiger partial charge in [-0.1, -0.05) is 0 Å². The third kappa shape index (κ3) is 3.63. The SMILES string of the molecule is N=C(N)NC[C]1CCC(CN)CC1. The van der Waals surface area contributed by atoms with Crippen LogP contribution in [-0.4, -0.2) is 19.0 Å². The molecule has 13 heavy (non-hydrogen) atoms. The lowest BCUT2D eigenvalue weighted by atomic mass is 9.82. The van der Waals surface area contributed by atoms with Crippen molar-refractivity contribution in [3.05, 3.63) is 5.92 Å². The Balaban J connectivity index is 2.14. The van der Waals surface area contributed by atoms with Crippen LogP contribution < -0.4 is 16.8 Å². The van der Waals surface area contributed by atoms with Crippen LogP contribution in [0.5, 0.6) is 0 Å². The average molecular weight is 183 g/mol. The van der Waals surface area contributed by atoms with E-state index >= 15 is 0 Å². The molecule has 0 heterocycles. The molecule has 4 nitrogen and oxygen atoms in total. The van der Waals surface area contributed by atoms with E-state index in [1.807, 2.05) is 0 Å². The molecule has 1 radical (unpaired) electrons. The number of nitrogens with two attached hydrogens (primary N) is 2. The van der Waals surface area contributed by atoms with Crippen LogP contribution >= 0.6 is 0 Å². The standard InChI is InChI=1S/C9H19N4/c10-5-7-1-3-8(4-2-7)6-13-9(11)12/h7H,1-6,10H2,(H4,11,12,13). The van der Waals surface area contributed by atoms with Gasteiger partial charge in [-0.3, -0.25) is 5.41 Å². The van der Waals surface area contributed by atoms with E-state index in [-0.39, 0.29) is 5.96 Å². The van der Waals surface area contributed by atoms with Crippen molar-refractivity contribution in [2.75, 3.05) is 13.1 Å². The molecular formula is C9H19N4. The van der Waals surface area contributed by atoms with E-state index < -0.39 is 0 Å². The largest absolute Gasteiger partial charge is 0.370 e. The van der Waals surface area contributed by atoms with Crippen LogP contribution in [-0.2, 0) is 0 Å². The quantitative estimate of drug-likeness (QED) is 0.372. The first-order chi connectivity index (χ1) is 6.22. The molecule has 0 aromatic carbocycles. The van der Waals surface area contributed by atoms with Gasteiger partial charge < -0.3 is 16.8 Å². The van der Waals surface area contributed by atoms with E-state index in [2.05, 4.69) is 5.32 Å². The number of hydrogen-bond donors (Lipinski definition) is 4. The molecule has 0 saturated heterocycles. The lowest BCUT2D eigenvalue weighted by Crippen LogP contribution is -2.35. The third-order valence-electron chi connectivity index (χ3n) is 2.67. The Bertz CT molecular complexity index is 161. The third-order valence-corrected chi connectivity index (χ3v) is 2.67. The van der Waals surface area contributed by atoms with E-state index in [1.54, 1.807) is 0 Å². The summed E-state index contributed by atoms with van der Waals surface area (Å²) in [6, 6.07) is 0. The van der Waals surface area contributed by atoms with E-state index in [4.69, 9.17) is 16.9 Å². The smallest absolute Gasteiger partial charge is 0.185 e. The molecule has 0 amide bonds. The van der Waals surface area contributed by atoms with Gasteiger partial charge in [0.05, 0.1) is 0 Å². The predicted molar refractivity (Wildman–Crippen MR) is 54.2 cm³/mol. The molecule has 0 aromatic heterocycles. The molecule has 75 valence electrons. The van der Waals surface area contributed by atoms with E-state index in [9.17, 15) is 0 Å². The Morgan fingerprint density at radius 1 is 1.46 bits per heavy atom. The van der Waals surface area contributed by atoms with E-state index in [0.717, 1.165) is 25.9 Å². The van der Waals surface area contributed by atoms with Gasteiger partial charge in [0.2, 0.25) is 0 Å². The molecule has 1 fully saturated rings. The minimum Gasteiger partial charge on any atom is -0.370 e. The van der Waals surface area contributed by atoms with Gasteiger partial charge in [0.25, 0.3) is 0 Å². The number of rotatable bonds is 3. The van der Waals surface area contributed by atoms with Gasteiger partial charge in [0.1, 0.15) is 0 Å². The Labute approximate surface area is 79.6 Å². The molecule has 1 aliphatic rings. The maximum atomic E-state index is 7.02. The van der Waals surface area contributed by atoms with Gasteiger partial charge in [-0.25, -0.2) is 0 Å². The van der Waals surface area contributed by atoms with Crippen molar-refractivity contribution in [2.24, 2.45) is 17.4 Å². The first kappa shape index (κ1) is 10.3. The van der Waals surface area contributed by atoms with Crippen LogP contribution in [0.4, 0.5) is 0 Å². The highest BCUT2D eigenvalue weighted by molar-refractivity contribution is 5.74. The Morgan fingerprint density at radius 3 is 2.54 bits per heavy atom.